The summed E-state index contributed by atoms with van der Waals surface area (Å²) < 4.78 is 1.75. The highest BCUT2D eigenvalue weighted by Gasteiger charge is 2.05. The molecule has 0 saturated heterocycles. The van der Waals surface area contributed by atoms with Crippen LogP contribution in [0.5, 0.6) is 0 Å². The molecule has 0 aliphatic carbocycles. The summed E-state index contributed by atoms with van der Waals surface area (Å²) in [6.45, 7) is 2.62. The topological polar surface area (TPSA) is 55.1 Å². The SMILES string of the molecule is Cc1ccc(N/N=C(\Cn2cncn2)c2ccccc2)cc1. The van der Waals surface area contributed by atoms with E-state index in [1.54, 1.807) is 11.0 Å². The molecule has 0 bridgehead atoms. The van der Waals surface area contributed by atoms with Crippen molar-refractivity contribution in [2.75, 3.05) is 5.43 Å². The molecular weight excluding hydrogens is 274 g/mol. The van der Waals surface area contributed by atoms with Crippen LogP contribution in [0.4, 0.5) is 5.69 Å². The highest BCUT2D eigenvalue weighted by Crippen LogP contribution is 2.10. The fourth-order valence-electron chi connectivity index (χ4n) is 2.05. The van der Waals surface area contributed by atoms with Gasteiger partial charge >= 0.3 is 0 Å². The monoisotopic (exact) mass is 291 g/mol. The number of hydrogen-bond donors (Lipinski definition) is 1. The predicted octanol–water partition coefficient (Wildman–Crippen LogP) is 3.10. The van der Waals surface area contributed by atoms with Gasteiger partial charge in [0, 0.05) is 0 Å². The molecule has 2 aromatic carbocycles. The lowest BCUT2D eigenvalue weighted by molar-refractivity contribution is 0.721. The van der Waals surface area contributed by atoms with Crippen LogP contribution in [-0.4, -0.2) is 20.5 Å². The third kappa shape index (κ3) is 3.58. The lowest BCUT2D eigenvalue weighted by atomic mass is 10.1. The smallest absolute Gasteiger partial charge is 0.137 e. The molecule has 0 aliphatic rings. The first-order valence-corrected chi connectivity index (χ1v) is 7.08. The largest absolute Gasteiger partial charge is 0.278 e. The number of anilines is 1. The van der Waals surface area contributed by atoms with Gasteiger partial charge in [0.1, 0.15) is 12.7 Å². The van der Waals surface area contributed by atoms with Gasteiger partial charge in [0.25, 0.3) is 0 Å². The first-order chi connectivity index (χ1) is 10.8. The van der Waals surface area contributed by atoms with E-state index in [4.69, 9.17) is 0 Å². The van der Waals surface area contributed by atoms with Crippen molar-refractivity contribution >= 4 is 11.4 Å². The van der Waals surface area contributed by atoms with E-state index in [2.05, 4.69) is 39.7 Å². The Morgan fingerprint density at radius 1 is 1.09 bits per heavy atom. The summed E-state index contributed by atoms with van der Waals surface area (Å²) in [7, 11) is 0. The Labute approximate surface area is 129 Å². The number of aromatic nitrogens is 3. The molecule has 0 radical (unpaired) electrons. The van der Waals surface area contributed by atoms with Crippen molar-refractivity contribution in [3.05, 3.63) is 78.4 Å². The van der Waals surface area contributed by atoms with Gasteiger partial charge < -0.3 is 0 Å². The van der Waals surface area contributed by atoms with Gasteiger partial charge in [0.15, 0.2) is 0 Å². The molecular formula is C17H17N5. The standard InChI is InChI=1S/C17H17N5/c1-14-7-9-16(10-8-14)20-21-17(11-22-13-18-12-19-22)15-5-3-2-4-6-15/h2-10,12-13,20H,11H2,1H3/b21-17+. The van der Waals surface area contributed by atoms with E-state index in [0.29, 0.717) is 6.54 Å². The van der Waals surface area contributed by atoms with Gasteiger partial charge in [-0.25, -0.2) is 9.67 Å². The summed E-state index contributed by atoms with van der Waals surface area (Å²) in [6.07, 6.45) is 3.21. The van der Waals surface area contributed by atoms with Crippen molar-refractivity contribution in [1.29, 1.82) is 0 Å². The second kappa shape index (κ2) is 6.67. The van der Waals surface area contributed by atoms with Gasteiger partial charge in [0.2, 0.25) is 0 Å². The Morgan fingerprint density at radius 3 is 2.55 bits per heavy atom. The molecule has 3 aromatic rings. The van der Waals surface area contributed by atoms with Crippen LogP contribution in [0.25, 0.3) is 0 Å². The molecule has 1 N–H and O–H groups in total. The molecule has 0 amide bonds. The maximum absolute atomic E-state index is 4.55. The highest BCUT2D eigenvalue weighted by atomic mass is 15.3. The van der Waals surface area contributed by atoms with Crippen molar-refractivity contribution in [3.63, 3.8) is 0 Å². The summed E-state index contributed by atoms with van der Waals surface area (Å²) in [6, 6.07) is 18.2. The second-order valence-electron chi connectivity index (χ2n) is 5.00. The molecule has 1 heterocycles. The van der Waals surface area contributed by atoms with E-state index < -0.39 is 0 Å². The number of hydrogen-bond acceptors (Lipinski definition) is 4. The van der Waals surface area contributed by atoms with Crippen LogP contribution in [0.15, 0.2) is 72.4 Å². The number of rotatable bonds is 5. The van der Waals surface area contributed by atoms with E-state index in [1.165, 1.54) is 11.9 Å². The van der Waals surface area contributed by atoms with Gasteiger partial charge in [0.05, 0.1) is 17.9 Å². The van der Waals surface area contributed by atoms with E-state index in [0.717, 1.165) is 17.0 Å². The van der Waals surface area contributed by atoms with Gasteiger partial charge in [-0.3, -0.25) is 5.43 Å². The zero-order valence-electron chi connectivity index (χ0n) is 12.3. The van der Waals surface area contributed by atoms with E-state index in [-0.39, 0.29) is 0 Å². The van der Waals surface area contributed by atoms with Crippen LogP contribution in [0.2, 0.25) is 0 Å². The Kier molecular flexibility index (Phi) is 4.25. The quantitative estimate of drug-likeness (QED) is 0.580. The number of hydrazone groups is 1. The minimum Gasteiger partial charge on any atom is -0.278 e. The summed E-state index contributed by atoms with van der Waals surface area (Å²) >= 11 is 0. The molecule has 0 saturated carbocycles. The minimum atomic E-state index is 0.558. The number of nitrogens with one attached hydrogen (secondary N) is 1. The fraction of sp³-hybridized carbons (Fsp3) is 0.118. The maximum Gasteiger partial charge on any atom is 0.137 e. The van der Waals surface area contributed by atoms with E-state index in [1.807, 2.05) is 42.5 Å². The third-order valence-corrected chi connectivity index (χ3v) is 3.26. The van der Waals surface area contributed by atoms with Crippen LogP contribution in [-0.2, 0) is 6.54 Å². The molecule has 0 spiro atoms. The lowest BCUT2D eigenvalue weighted by Gasteiger charge is -2.08. The van der Waals surface area contributed by atoms with Crippen molar-refractivity contribution in [2.24, 2.45) is 5.10 Å². The zero-order chi connectivity index (χ0) is 15.2. The molecule has 0 unspecified atom stereocenters. The summed E-state index contributed by atoms with van der Waals surface area (Å²) in [5, 5.41) is 8.69. The normalized spacial score (nSPS) is 11.4. The average Bonchev–Trinajstić information content (AvgIpc) is 3.07. The van der Waals surface area contributed by atoms with Crippen LogP contribution < -0.4 is 5.43 Å². The Hall–Kier alpha value is -2.95. The highest BCUT2D eigenvalue weighted by molar-refractivity contribution is 6.00. The lowest BCUT2D eigenvalue weighted by Crippen LogP contribution is -2.14. The Bertz CT molecular complexity index is 730. The number of benzene rings is 2. The van der Waals surface area contributed by atoms with Crippen molar-refractivity contribution in [2.45, 2.75) is 13.5 Å². The molecule has 0 fully saturated rings. The summed E-state index contributed by atoms with van der Waals surface area (Å²) in [4.78, 5) is 3.97. The van der Waals surface area contributed by atoms with Crippen LogP contribution in [0.3, 0.4) is 0 Å². The molecule has 1 aromatic heterocycles. The average molecular weight is 291 g/mol. The Morgan fingerprint density at radius 2 is 1.86 bits per heavy atom. The maximum atomic E-state index is 4.55. The first-order valence-electron chi connectivity index (χ1n) is 7.08. The van der Waals surface area contributed by atoms with Crippen LogP contribution in [0.1, 0.15) is 11.1 Å². The molecule has 5 nitrogen and oxygen atoms in total. The van der Waals surface area contributed by atoms with E-state index in [9.17, 15) is 0 Å². The van der Waals surface area contributed by atoms with Crippen molar-refractivity contribution < 1.29 is 0 Å². The summed E-state index contributed by atoms with van der Waals surface area (Å²) in [5.74, 6) is 0. The number of aryl methyl sites for hydroxylation is 1. The van der Waals surface area contributed by atoms with Crippen LogP contribution >= 0.6 is 0 Å². The van der Waals surface area contributed by atoms with Gasteiger partial charge in [-0.2, -0.15) is 10.2 Å². The van der Waals surface area contributed by atoms with Gasteiger partial charge in [-0.1, -0.05) is 48.0 Å². The summed E-state index contributed by atoms with van der Waals surface area (Å²) in [5.41, 5.74) is 7.24. The molecule has 22 heavy (non-hydrogen) atoms. The third-order valence-electron chi connectivity index (χ3n) is 3.26. The number of nitrogens with zero attached hydrogens (tertiary/aromatic N) is 4. The zero-order valence-corrected chi connectivity index (χ0v) is 12.3. The molecule has 0 atom stereocenters. The molecule has 110 valence electrons. The van der Waals surface area contributed by atoms with Crippen molar-refractivity contribution in [3.8, 4) is 0 Å². The second-order valence-corrected chi connectivity index (χ2v) is 5.00. The van der Waals surface area contributed by atoms with Crippen molar-refractivity contribution in [1.82, 2.24) is 14.8 Å². The van der Waals surface area contributed by atoms with Gasteiger partial charge in [-0.05, 0) is 24.6 Å². The predicted molar refractivity (Wildman–Crippen MR) is 87.8 cm³/mol. The molecule has 5 heteroatoms. The van der Waals surface area contributed by atoms with Crippen LogP contribution in [0, 0.1) is 6.92 Å². The minimum absolute atomic E-state index is 0.558. The molecule has 0 aliphatic heterocycles. The fourth-order valence-corrected chi connectivity index (χ4v) is 2.05. The van der Waals surface area contributed by atoms with E-state index >= 15 is 0 Å². The Balaban J connectivity index is 1.84. The van der Waals surface area contributed by atoms with Gasteiger partial charge in [-0.15, -0.1) is 0 Å². The molecule has 3 rings (SSSR count). The first kappa shape index (κ1) is 14.0.